The van der Waals surface area contributed by atoms with Gasteiger partial charge in [-0.15, -0.1) is 11.3 Å². The van der Waals surface area contributed by atoms with Crippen LogP contribution in [-0.4, -0.2) is 71.0 Å². The summed E-state index contributed by atoms with van der Waals surface area (Å²) in [5.41, 5.74) is 1.47. The molecule has 5 N–H and O–H groups in total. The standard InChI is InChI=1S/C21H30N2O7S2/c1-11-16(9-14-17(25)19(27)18(26)15(10-24)30-14)31-20(22-11)23-32(28,29)13-7-5-12(6-8-13)21(2,3)4/h5-8,14-15,17-19,24-27H,9-10H2,1-4H3,(H,22,23)/t14-,15+,17-,18-,19+/m0/s1. The number of thiazole rings is 1. The molecule has 5 atom stereocenters. The molecular weight excluding hydrogens is 456 g/mol. The van der Waals surface area contributed by atoms with Crippen molar-refractivity contribution in [3.8, 4) is 0 Å². The van der Waals surface area contributed by atoms with Gasteiger partial charge < -0.3 is 25.2 Å². The van der Waals surface area contributed by atoms with Gasteiger partial charge in [0.1, 0.15) is 24.4 Å². The Morgan fingerprint density at radius 2 is 1.66 bits per heavy atom. The second-order valence-electron chi connectivity index (χ2n) is 8.98. The lowest BCUT2D eigenvalue weighted by atomic mass is 9.87. The Morgan fingerprint density at radius 1 is 1.06 bits per heavy atom. The predicted octanol–water partition coefficient (Wildman–Crippen LogP) is 0.935. The molecule has 1 aromatic carbocycles. The van der Waals surface area contributed by atoms with Gasteiger partial charge in [-0.1, -0.05) is 32.9 Å². The Balaban J connectivity index is 1.75. The number of aliphatic hydroxyl groups is 4. The minimum Gasteiger partial charge on any atom is -0.394 e. The second kappa shape index (κ2) is 9.34. The summed E-state index contributed by atoms with van der Waals surface area (Å²) in [6, 6.07) is 6.68. The number of anilines is 1. The highest BCUT2D eigenvalue weighted by Crippen LogP contribution is 2.31. The Morgan fingerprint density at radius 3 is 2.22 bits per heavy atom. The monoisotopic (exact) mass is 486 g/mol. The van der Waals surface area contributed by atoms with Crippen molar-refractivity contribution in [1.29, 1.82) is 0 Å². The molecule has 32 heavy (non-hydrogen) atoms. The van der Waals surface area contributed by atoms with Gasteiger partial charge in [0.2, 0.25) is 0 Å². The van der Waals surface area contributed by atoms with Crippen LogP contribution in [0.5, 0.6) is 0 Å². The Bertz CT molecular complexity index is 1030. The van der Waals surface area contributed by atoms with Crippen molar-refractivity contribution < 1.29 is 33.6 Å². The minimum atomic E-state index is -3.84. The zero-order valence-corrected chi connectivity index (χ0v) is 20.0. The highest BCUT2D eigenvalue weighted by atomic mass is 32.2. The molecule has 178 valence electrons. The molecule has 11 heteroatoms. The summed E-state index contributed by atoms with van der Waals surface area (Å²) in [6.07, 6.45) is -6.02. The third-order valence-corrected chi connectivity index (χ3v) is 8.10. The number of ether oxygens (including phenoxy) is 1. The molecule has 0 amide bonds. The van der Waals surface area contributed by atoms with Gasteiger partial charge in [-0.25, -0.2) is 13.4 Å². The number of hydrogen-bond donors (Lipinski definition) is 5. The summed E-state index contributed by atoms with van der Waals surface area (Å²) < 4.78 is 33.6. The van der Waals surface area contributed by atoms with Crippen LogP contribution in [0.25, 0.3) is 0 Å². The lowest BCUT2D eigenvalue weighted by molar-refractivity contribution is -0.228. The van der Waals surface area contributed by atoms with E-state index in [0.29, 0.717) is 10.6 Å². The number of rotatable bonds is 6. The van der Waals surface area contributed by atoms with Crippen molar-refractivity contribution in [3.05, 3.63) is 40.4 Å². The first-order valence-corrected chi connectivity index (χ1v) is 12.5. The molecule has 1 fully saturated rings. The average Bonchev–Trinajstić information content (AvgIpc) is 3.05. The molecule has 1 aliphatic heterocycles. The van der Waals surface area contributed by atoms with Crippen molar-refractivity contribution >= 4 is 26.5 Å². The van der Waals surface area contributed by atoms with Gasteiger partial charge >= 0.3 is 0 Å². The molecule has 2 heterocycles. The number of nitrogens with zero attached hydrogens (tertiary/aromatic N) is 1. The van der Waals surface area contributed by atoms with E-state index in [1.807, 2.05) is 20.8 Å². The van der Waals surface area contributed by atoms with Crippen LogP contribution >= 0.6 is 11.3 Å². The summed E-state index contributed by atoms with van der Waals surface area (Å²) in [4.78, 5) is 5.04. The summed E-state index contributed by atoms with van der Waals surface area (Å²) in [7, 11) is -3.84. The van der Waals surface area contributed by atoms with Crippen LogP contribution in [0.4, 0.5) is 5.13 Å². The maximum absolute atomic E-state index is 12.8. The van der Waals surface area contributed by atoms with Crippen LogP contribution < -0.4 is 4.72 Å². The van der Waals surface area contributed by atoms with Crippen LogP contribution in [0.15, 0.2) is 29.2 Å². The zero-order chi connectivity index (χ0) is 23.8. The number of aliphatic hydroxyl groups excluding tert-OH is 4. The topological polar surface area (TPSA) is 149 Å². The maximum Gasteiger partial charge on any atom is 0.263 e. The molecule has 1 aromatic heterocycles. The smallest absolute Gasteiger partial charge is 0.263 e. The van der Waals surface area contributed by atoms with E-state index in [4.69, 9.17) is 4.74 Å². The van der Waals surface area contributed by atoms with E-state index in [0.717, 1.165) is 16.9 Å². The second-order valence-corrected chi connectivity index (χ2v) is 11.7. The van der Waals surface area contributed by atoms with Crippen molar-refractivity contribution in [2.45, 2.75) is 74.9 Å². The lowest BCUT2D eigenvalue weighted by Crippen LogP contribution is -2.58. The largest absolute Gasteiger partial charge is 0.394 e. The van der Waals surface area contributed by atoms with E-state index in [-0.39, 0.29) is 21.9 Å². The van der Waals surface area contributed by atoms with Gasteiger partial charge in [0, 0.05) is 11.3 Å². The van der Waals surface area contributed by atoms with Gasteiger partial charge in [0.15, 0.2) is 5.13 Å². The van der Waals surface area contributed by atoms with E-state index >= 15 is 0 Å². The normalized spacial score (nSPS) is 26.8. The molecule has 3 rings (SSSR count). The SMILES string of the molecule is Cc1nc(NS(=O)(=O)c2ccc(C(C)(C)C)cc2)sc1C[C@@H]1O[C@H](CO)[C@H](O)[C@H](O)[C@H]1O. The number of aromatic nitrogens is 1. The molecule has 0 radical (unpaired) electrons. The van der Waals surface area contributed by atoms with Gasteiger partial charge in [-0.3, -0.25) is 4.72 Å². The van der Waals surface area contributed by atoms with E-state index in [9.17, 15) is 28.8 Å². The summed E-state index contributed by atoms with van der Waals surface area (Å²) in [5, 5.41) is 39.7. The summed E-state index contributed by atoms with van der Waals surface area (Å²) >= 11 is 1.10. The highest BCUT2D eigenvalue weighted by molar-refractivity contribution is 7.93. The molecule has 2 aromatic rings. The number of nitrogens with one attached hydrogen (secondary N) is 1. The quantitative estimate of drug-likeness (QED) is 0.405. The van der Waals surface area contributed by atoms with Crippen molar-refractivity contribution in [3.63, 3.8) is 0 Å². The van der Waals surface area contributed by atoms with Gasteiger partial charge in [-0.2, -0.15) is 0 Å². The molecule has 0 spiro atoms. The first-order valence-electron chi connectivity index (χ1n) is 10.2. The third-order valence-electron chi connectivity index (χ3n) is 5.52. The molecule has 0 unspecified atom stereocenters. The Labute approximate surface area is 191 Å². The number of benzene rings is 1. The first kappa shape index (κ1) is 25.0. The fourth-order valence-corrected chi connectivity index (χ4v) is 5.74. The van der Waals surface area contributed by atoms with Crippen molar-refractivity contribution in [2.75, 3.05) is 11.3 Å². The lowest BCUT2D eigenvalue weighted by Gasteiger charge is -2.40. The van der Waals surface area contributed by atoms with E-state index in [1.165, 1.54) is 0 Å². The molecule has 0 bridgehead atoms. The average molecular weight is 487 g/mol. The first-order chi connectivity index (χ1) is 14.8. The zero-order valence-electron chi connectivity index (χ0n) is 18.4. The Hall–Kier alpha value is -1.60. The molecule has 9 nitrogen and oxygen atoms in total. The van der Waals surface area contributed by atoms with E-state index in [2.05, 4.69) is 9.71 Å². The van der Waals surface area contributed by atoms with Crippen molar-refractivity contribution in [2.24, 2.45) is 0 Å². The molecular formula is C21H30N2O7S2. The van der Waals surface area contributed by atoms with E-state index in [1.54, 1.807) is 31.2 Å². The van der Waals surface area contributed by atoms with Crippen LogP contribution in [0.3, 0.4) is 0 Å². The van der Waals surface area contributed by atoms with Gasteiger partial charge in [0.05, 0.1) is 23.3 Å². The number of sulfonamides is 1. The van der Waals surface area contributed by atoms with Crippen LogP contribution in [0.2, 0.25) is 0 Å². The van der Waals surface area contributed by atoms with Crippen LogP contribution in [0, 0.1) is 6.92 Å². The van der Waals surface area contributed by atoms with Crippen LogP contribution in [0.1, 0.15) is 36.9 Å². The van der Waals surface area contributed by atoms with Gasteiger partial charge in [0.25, 0.3) is 10.0 Å². The fraction of sp³-hybridized carbons (Fsp3) is 0.571. The molecule has 1 aliphatic rings. The minimum absolute atomic E-state index is 0.0958. The molecule has 1 saturated heterocycles. The van der Waals surface area contributed by atoms with Gasteiger partial charge in [-0.05, 0) is 30.0 Å². The number of aryl methyl sites for hydroxylation is 1. The fourth-order valence-electron chi connectivity index (χ4n) is 3.50. The summed E-state index contributed by atoms with van der Waals surface area (Å²) in [6.45, 7) is 7.33. The highest BCUT2D eigenvalue weighted by Gasteiger charge is 2.43. The van der Waals surface area contributed by atoms with E-state index < -0.39 is 47.2 Å². The Kier molecular flexibility index (Phi) is 7.30. The maximum atomic E-state index is 12.8. The predicted molar refractivity (Wildman–Crippen MR) is 120 cm³/mol. The van der Waals surface area contributed by atoms with Crippen molar-refractivity contribution in [1.82, 2.24) is 4.98 Å². The number of hydrogen-bond acceptors (Lipinski definition) is 9. The summed E-state index contributed by atoms with van der Waals surface area (Å²) in [5.74, 6) is 0. The third kappa shape index (κ3) is 5.30. The molecule has 0 saturated carbocycles. The van der Waals surface area contributed by atoms with Crippen LogP contribution in [-0.2, 0) is 26.6 Å². The molecule has 0 aliphatic carbocycles.